The predicted octanol–water partition coefficient (Wildman–Crippen LogP) is 2.95. The number of rotatable bonds is 6. The van der Waals surface area contributed by atoms with Crippen LogP contribution in [0.25, 0.3) is 0 Å². The third kappa shape index (κ3) is 4.28. The second kappa shape index (κ2) is 7.28. The van der Waals surface area contributed by atoms with Gasteiger partial charge in [-0.3, -0.25) is 4.79 Å². The summed E-state index contributed by atoms with van der Waals surface area (Å²) < 4.78 is 27.5. The molecule has 6 nitrogen and oxygen atoms in total. The number of nitrogens with zero attached hydrogens (tertiary/aromatic N) is 1. The van der Waals surface area contributed by atoms with E-state index >= 15 is 0 Å². The van der Waals surface area contributed by atoms with Crippen molar-refractivity contribution in [1.29, 1.82) is 5.26 Å². The number of benzene rings is 2. The van der Waals surface area contributed by atoms with Gasteiger partial charge < -0.3 is 5.32 Å². The molecular formula is C19H19N3O3S. The molecule has 0 aromatic heterocycles. The van der Waals surface area contributed by atoms with Crippen LogP contribution in [-0.4, -0.2) is 14.3 Å². The van der Waals surface area contributed by atoms with Gasteiger partial charge in [-0.15, -0.1) is 0 Å². The minimum Gasteiger partial charge on any atom is -0.326 e. The molecule has 1 amide bonds. The summed E-state index contributed by atoms with van der Waals surface area (Å²) in [6.07, 6.45) is 1.89. The molecule has 1 aliphatic carbocycles. The minimum absolute atomic E-state index is 0.0346. The van der Waals surface area contributed by atoms with Gasteiger partial charge in [0.2, 0.25) is 15.9 Å². The molecule has 0 aliphatic heterocycles. The van der Waals surface area contributed by atoms with Crippen molar-refractivity contribution in [3.8, 4) is 6.07 Å². The zero-order valence-corrected chi connectivity index (χ0v) is 15.1. The van der Waals surface area contributed by atoms with Crippen LogP contribution in [0.3, 0.4) is 0 Å². The van der Waals surface area contributed by atoms with E-state index in [-0.39, 0.29) is 16.7 Å². The molecule has 3 rings (SSSR count). The summed E-state index contributed by atoms with van der Waals surface area (Å²) in [6, 6.07) is 14.4. The monoisotopic (exact) mass is 369 g/mol. The average molecular weight is 369 g/mol. The van der Waals surface area contributed by atoms with Gasteiger partial charge in [-0.25, -0.2) is 13.1 Å². The summed E-state index contributed by atoms with van der Waals surface area (Å²) in [5.74, 6) is 0.167. The van der Waals surface area contributed by atoms with Gasteiger partial charge in [0.1, 0.15) is 0 Å². The van der Waals surface area contributed by atoms with Crippen molar-refractivity contribution in [2.24, 2.45) is 5.92 Å². The number of carbonyl (C=O) groups excluding carboxylic acids is 1. The van der Waals surface area contributed by atoms with E-state index in [1.807, 2.05) is 6.07 Å². The molecule has 0 radical (unpaired) electrons. The molecule has 1 atom stereocenters. The van der Waals surface area contributed by atoms with Crippen LogP contribution in [0.2, 0.25) is 0 Å². The zero-order chi connectivity index (χ0) is 18.7. The standard InChI is InChI=1S/C19H19N3O3S/c1-13(22-26(24,25)18-10-2-14(12-20)3-11-18)15-6-8-17(9-7-15)21-19(23)16-4-5-16/h2-3,6-11,13,16,22H,4-5H2,1H3,(H,21,23)/t13-/m1/s1. The number of hydrogen-bond acceptors (Lipinski definition) is 4. The van der Waals surface area contributed by atoms with E-state index in [0.29, 0.717) is 11.3 Å². The van der Waals surface area contributed by atoms with E-state index < -0.39 is 16.1 Å². The maximum Gasteiger partial charge on any atom is 0.241 e. The van der Waals surface area contributed by atoms with E-state index in [0.717, 1.165) is 18.4 Å². The van der Waals surface area contributed by atoms with Crippen molar-refractivity contribution in [3.63, 3.8) is 0 Å². The number of anilines is 1. The van der Waals surface area contributed by atoms with Gasteiger partial charge in [0.15, 0.2) is 0 Å². The summed E-state index contributed by atoms with van der Waals surface area (Å²) in [7, 11) is -3.69. The van der Waals surface area contributed by atoms with Crippen molar-refractivity contribution < 1.29 is 13.2 Å². The molecule has 1 aliphatic rings. The molecule has 0 bridgehead atoms. The Bertz CT molecular complexity index is 941. The highest BCUT2D eigenvalue weighted by Crippen LogP contribution is 2.30. The Morgan fingerprint density at radius 2 is 1.73 bits per heavy atom. The molecule has 2 N–H and O–H groups in total. The minimum atomic E-state index is -3.69. The van der Waals surface area contributed by atoms with E-state index in [1.165, 1.54) is 24.3 Å². The SMILES string of the molecule is C[C@@H](NS(=O)(=O)c1ccc(C#N)cc1)c1ccc(NC(=O)C2CC2)cc1. The fourth-order valence-corrected chi connectivity index (χ4v) is 3.75. The van der Waals surface area contributed by atoms with Crippen molar-refractivity contribution in [1.82, 2.24) is 4.72 Å². The first kappa shape index (κ1) is 18.1. The molecule has 2 aromatic rings. The van der Waals surface area contributed by atoms with Gasteiger partial charge in [0.25, 0.3) is 0 Å². The van der Waals surface area contributed by atoms with Crippen molar-refractivity contribution in [2.75, 3.05) is 5.32 Å². The Kier molecular flexibility index (Phi) is 5.07. The van der Waals surface area contributed by atoms with Crippen LogP contribution in [0.1, 0.15) is 36.9 Å². The maximum absolute atomic E-state index is 12.5. The van der Waals surface area contributed by atoms with Gasteiger partial charge in [0.05, 0.1) is 16.5 Å². The normalized spacial score (nSPS) is 15.1. The Morgan fingerprint density at radius 1 is 1.12 bits per heavy atom. The van der Waals surface area contributed by atoms with Crippen LogP contribution in [-0.2, 0) is 14.8 Å². The molecule has 0 heterocycles. The van der Waals surface area contributed by atoms with Crippen LogP contribution in [0.4, 0.5) is 5.69 Å². The van der Waals surface area contributed by atoms with Crippen LogP contribution in [0.15, 0.2) is 53.4 Å². The molecule has 0 saturated heterocycles. The van der Waals surface area contributed by atoms with Crippen LogP contribution in [0, 0.1) is 17.2 Å². The Labute approximate surface area is 152 Å². The lowest BCUT2D eigenvalue weighted by Gasteiger charge is -2.15. The molecule has 0 spiro atoms. The fraction of sp³-hybridized carbons (Fsp3) is 0.263. The van der Waals surface area contributed by atoms with E-state index in [2.05, 4.69) is 10.0 Å². The van der Waals surface area contributed by atoms with Gasteiger partial charge in [0, 0.05) is 17.6 Å². The molecule has 2 aromatic carbocycles. The first-order valence-electron chi connectivity index (χ1n) is 8.32. The lowest BCUT2D eigenvalue weighted by molar-refractivity contribution is -0.117. The first-order chi connectivity index (χ1) is 12.4. The number of sulfonamides is 1. The van der Waals surface area contributed by atoms with Crippen LogP contribution in [0.5, 0.6) is 0 Å². The van der Waals surface area contributed by atoms with E-state index in [1.54, 1.807) is 31.2 Å². The number of amides is 1. The highest BCUT2D eigenvalue weighted by Gasteiger charge is 2.29. The Balaban J connectivity index is 1.67. The van der Waals surface area contributed by atoms with Crippen LogP contribution >= 0.6 is 0 Å². The second-order valence-electron chi connectivity index (χ2n) is 6.36. The molecular weight excluding hydrogens is 350 g/mol. The smallest absolute Gasteiger partial charge is 0.241 e. The third-order valence-electron chi connectivity index (χ3n) is 4.25. The largest absolute Gasteiger partial charge is 0.326 e. The summed E-state index contributed by atoms with van der Waals surface area (Å²) >= 11 is 0. The number of carbonyl (C=O) groups is 1. The highest BCUT2D eigenvalue weighted by atomic mass is 32.2. The molecule has 26 heavy (non-hydrogen) atoms. The van der Waals surface area contributed by atoms with Gasteiger partial charge in [-0.2, -0.15) is 5.26 Å². The molecule has 134 valence electrons. The molecule has 7 heteroatoms. The summed E-state index contributed by atoms with van der Waals surface area (Å²) in [5, 5.41) is 11.6. The number of nitrogens with one attached hydrogen (secondary N) is 2. The summed E-state index contributed by atoms with van der Waals surface area (Å²) in [6.45, 7) is 1.75. The van der Waals surface area contributed by atoms with E-state index in [9.17, 15) is 13.2 Å². The summed E-state index contributed by atoms with van der Waals surface area (Å²) in [4.78, 5) is 11.9. The first-order valence-corrected chi connectivity index (χ1v) is 9.81. The maximum atomic E-state index is 12.5. The van der Waals surface area contributed by atoms with Gasteiger partial charge >= 0.3 is 0 Å². The topological polar surface area (TPSA) is 99.1 Å². The molecule has 1 fully saturated rings. The van der Waals surface area contributed by atoms with Crippen molar-refractivity contribution in [2.45, 2.75) is 30.7 Å². The fourth-order valence-electron chi connectivity index (χ4n) is 2.52. The summed E-state index contributed by atoms with van der Waals surface area (Å²) in [5.41, 5.74) is 1.89. The van der Waals surface area contributed by atoms with Crippen LogP contribution < -0.4 is 10.0 Å². The van der Waals surface area contributed by atoms with E-state index in [4.69, 9.17) is 5.26 Å². The number of nitriles is 1. The molecule has 0 unspecified atom stereocenters. The molecule has 1 saturated carbocycles. The zero-order valence-electron chi connectivity index (χ0n) is 14.3. The predicted molar refractivity (Wildman–Crippen MR) is 97.7 cm³/mol. The van der Waals surface area contributed by atoms with Crippen molar-refractivity contribution >= 4 is 21.6 Å². The Morgan fingerprint density at radius 3 is 2.27 bits per heavy atom. The van der Waals surface area contributed by atoms with Gasteiger partial charge in [-0.1, -0.05) is 12.1 Å². The lowest BCUT2D eigenvalue weighted by Crippen LogP contribution is -2.26. The third-order valence-corrected chi connectivity index (χ3v) is 5.81. The average Bonchev–Trinajstić information content (AvgIpc) is 3.47. The van der Waals surface area contributed by atoms with Crippen molar-refractivity contribution in [3.05, 3.63) is 59.7 Å². The lowest BCUT2D eigenvalue weighted by atomic mass is 10.1. The second-order valence-corrected chi connectivity index (χ2v) is 8.08. The Hall–Kier alpha value is -2.69. The van der Waals surface area contributed by atoms with Gasteiger partial charge in [-0.05, 0) is 61.7 Å². The quantitative estimate of drug-likeness (QED) is 0.818. The number of hydrogen-bond donors (Lipinski definition) is 2. The highest BCUT2D eigenvalue weighted by molar-refractivity contribution is 7.89.